The molecule has 0 bridgehead atoms. The zero-order chi connectivity index (χ0) is 13.5. The zero-order valence-corrected chi connectivity index (χ0v) is 11.9. The van der Waals surface area contributed by atoms with Crippen LogP contribution in [0.15, 0.2) is 54.6 Å². The lowest BCUT2D eigenvalue weighted by atomic mass is 10.1. The molecule has 2 aromatic carbocycles. The maximum absolute atomic E-state index is 8.62. The van der Waals surface area contributed by atoms with Crippen molar-refractivity contribution in [1.29, 1.82) is 5.26 Å². The van der Waals surface area contributed by atoms with E-state index < -0.39 is 0 Å². The van der Waals surface area contributed by atoms with Gasteiger partial charge in [-0.25, -0.2) is 0 Å². The molecule has 0 saturated heterocycles. The van der Waals surface area contributed by atoms with Gasteiger partial charge in [-0.3, -0.25) is 0 Å². The number of halogens is 1. The van der Waals surface area contributed by atoms with Crippen molar-refractivity contribution in [2.45, 2.75) is 19.0 Å². The largest absolute Gasteiger partial charge is 0.381 e. The monoisotopic (exact) mass is 287 g/mol. The van der Waals surface area contributed by atoms with Crippen LogP contribution in [0.3, 0.4) is 0 Å². The molecule has 104 valence electrons. The van der Waals surface area contributed by atoms with Gasteiger partial charge in [-0.1, -0.05) is 42.5 Å². The van der Waals surface area contributed by atoms with Crippen molar-refractivity contribution in [1.82, 2.24) is 0 Å². The van der Waals surface area contributed by atoms with Gasteiger partial charge in [0.25, 0.3) is 0 Å². The molecule has 0 heterocycles. The molecule has 1 atom stereocenters. The first kappa shape index (κ1) is 16.0. The van der Waals surface area contributed by atoms with Crippen molar-refractivity contribution in [3.8, 4) is 6.07 Å². The highest BCUT2D eigenvalue weighted by atomic mass is 35.5. The van der Waals surface area contributed by atoms with Gasteiger partial charge in [-0.05, 0) is 23.3 Å². The van der Waals surface area contributed by atoms with Crippen LogP contribution in [0.25, 0.3) is 0 Å². The fourth-order valence-electron chi connectivity index (χ4n) is 1.86. The van der Waals surface area contributed by atoms with Crippen molar-refractivity contribution in [3.63, 3.8) is 0 Å². The van der Waals surface area contributed by atoms with E-state index in [1.807, 2.05) is 42.5 Å². The molecular formula is C16H18ClN3. The second-order valence-corrected chi connectivity index (χ2v) is 4.43. The van der Waals surface area contributed by atoms with Crippen molar-refractivity contribution < 1.29 is 0 Å². The molecule has 0 fully saturated rings. The van der Waals surface area contributed by atoms with E-state index in [1.165, 1.54) is 5.56 Å². The summed E-state index contributed by atoms with van der Waals surface area (Å²) in [5.41, 5.74) is 9.17. The van der Waals surface area contributed by atoms with Crippen LogP contribution in [0.4, 0.5) is 5.69 Å². The Bertz CT molecular complexity index is 546. The highest BCUT2D eigenvalue weighted by Crippen LogP contribution is 2.17. The van der Waals surface area contributed by atoms with E-state index in [0.717, 1.165) is 17.8 Å². The molecule has 0 aliphatic carbocycles. The van der Waals surface area contributed by atoms with Gasteiger partial charge in [0.2, 0.25) is 0 Å². The first-order valence-electron chi connectivity index (χ1n) is 6.30. The summed E-state index contributed by atoms with van der Waals surface area (Å²) in [5, 5.41) is 12.0. The quantitative estimate of drug-likeness (QED) is 0.882. The normalized spacial score (nSPS) is 11.0. The van der Waals surface area contributed by atoms with Gasteiger partial charge < -0.3 is 11.1 Å². The maximum Gasteiger partial charge on any atom is 0.0641 e. The van der Waals surface area contributed by atoms with Gasteiger partial charge in [0.15, 0.2) is 0 Å². The van der Waals surface area contributed by atoms with Gasteiger partial charge in [0.1, 0.15) is 0 Å². The Balaban J connectivity index is 0.00000200. The summed E-state index contributed by atoms with van der Waals surface area (Å²) in [6, 6.07) is 20.1. The summed E-state index contributed by atoms with van der Waals surface area (Å²) in [5.74, 6) is 0. The summed E-state index contributed by atoms with van der Waals surface area (Å²) in [6.07, 6.45) is 0.344. The third-order valence-corrected chi connectivity index (χ3v) is 2.99. The van der Waals surface area contributed by atoms with Crippen molar-refractivity contribution in [2.24, 2.45) is 5.73 Å². The molecule has 20 heavy (non-hydrogen) atoms. The second-order valence-electron chi connectivity index (χ2n) is 4.43. The molecule has 3 nitrogen and oxygen atoms in total. The van der Waals surface area contributed by atoms with Crippen LogP contribution >= 0.6 is 12.4 Å². The van der Waals surface area contributed by atoms with E-state index >= 15 is 0 Å². The van der Waals surface area contributed by atoms with Crippen LogP contribution in [-0.2, 0) is 6.54 Å². The van der Waals surface area contributed by atoms with Crippen molar-refractivity contribution >= 4 is 18.1 Å². The Kier molecular flexibility index (Phi) is 6.58. The Morgan fingerprint density at radius 1 is 1.05 bits per heavy atom. The number of nitriles is 1. The molecule has 2 rings (SSSR count). The highest BCUT2D eigenvalue weighted by molar-refractivity contribution is 5.85. The van der Waals surface area contributed by atoms with E-state index in [2.05, 4.69) is 23.5 Å². The SMILES string of the molecule is Cl.N#CC[C@@H](N)c1ccc(NCc2ccccc2)cc1. The molecule has 0 aliphatic rings. The molecule has 2 aromatic rings. The summed E-state index contributed by atoms with van der Waals surface area (Å²) in [4.78, 5) is 0. The average molecular weight is 288 g/mol. The number of rotatable bonds is 5. The lowest BCUT2D eigenvalue weighted by Gasteiger charge is -2.10. The standard InChI is InChI=1S/C16H17N3.ClH/c17-11-10-16(18)14-6-8-15(9-7-14)19-12-13-4-2-1-3-5-13;/h1-9,16,19H,10,12,18H2;1H/t16-;/m1./s1. The number of hydrogen-bond donors (Lipinski definition) is 2. The second kappa shape index (κ2) is 8.21. The third-order valence-electron chi connectivity index (χ3n) is 2.99. The molecular weight excluding hydrogens is 270 g/mol. The number of nitrogens with zero attached hydrogens (tertiary/aromatic N) is 1. The van der Waals surface area contributed by atoms with E-state index in [0.29, 0.717) is 6.42 Å². The molecule has 0 spiro atoms. The Morgan fingerprint density at radius 3 is 2.30 bits per heavy atom. The van der Waals surface area contributed by atoms with Gasteiger partial charge in [-0.2, -0.15) is 5.26 Å². The lowest BCUT2D eigenvalue weighted by Crippen LogP contribution is -2.09. The Hall–Kier alpha value is -2.02. The van der Waals surface area contributed by atoms with Crippen molar-refractivity contribution in [2.75, 3.05) is 5.32 Å². The van der Waals surface area contributed by atoms with Crippen molar-refractivity contribution in [3.05, 3.63) is 65.7 Å². The minimum absolute atomic E-state index is 0. The van der Waals surface area contributed by atoms with Gasteiger partial charge in [0.05, 0.1) is 12.5 Å². The first-order chi connectivity index (χ1) is 9.29. The summed E-state index contributed by atoms with van der Waals surface area (Å²) < 4.78 is 0. The van der Waals surface area contributed by atoms with Crippen LogP contribution in [0.2, 0.25) is 0 Å². The summed E-state index contributed by atoms with van der Waals surface area (Å²) >= 11 is 0. The average Bonchev–Trinajstić information content (AvgIpc) is 2.47. The molecule has 0 saturated carbocycles. The maximum atomic E-state index is 8.62. The minimum atomic E-state index is -0.201. The third kappa shape index (κ3) is 4.58. The predicted octanol–water partition coefficient (Wildman–Crippen LogP) is 3.63. The fourth-order valence-corrected chi connectivity index (χ4v) is 1.86. The zero-order valence-electron chi connectivity index (χ0n) is 11.1. The van der Waals surface area contributed by atoms with E-state index in [9.17, 15) is 0 Å². The van der Waals surface area contributed by atoms with Crippen LogP contribution < -0.4 is 11.1 Å². The molecule has 0 radical (unpaired) electrons. The fraction of sp³-hybridized carbons (Fsp3) is 0.188. The number of nitrogens with two attached hydrogens (primary N) is 1. The molecule has 0 unspecified atom stereocenters. The van der Waals surface area contributed by atoms with E-state index in [-0.39, 0.29) is 18.4 Å². The number of hydrogen-bond acceptors (Lipinski definition) is 3. The smallest absolute Gasteiger partial charge is 0.0641 e. The Morgan fingerprint density at radius 2 is 1.70 bits per heavy atom. The highest BCUT2D eigenvalue weighted by Gasteiger charge is 2.04. The molecule has 0 aliphatic heterocycles. The van der Waals surface area contributed by atoms with Crippen LogP contribution in [-0.4, -0.2) is 0 Å². The van der Waals surface area contributed by atoms with Gasteiger partial charge >= 0.3 is 0 Å². The van der Waals surface area contributed by atoms with E-state index in [1.54, 1.807) is 0 Å². The number of nitrogens with one attached hydrogen (secondary N) is 1. The molecule has 0 amide bonds. The van der Waals surface area contributed by atoms with Gasteiger partial charge in [-0.15, -0.1) is 12.4 Å². The van der Waals surface area contributed by atoms with Crippen LogP contribution in [0.5, 0.6) is 0 Å². The molecule has 4 heteroatoms. The topological polar surface area (TPSA) is 61.8 Å². The minimum Gasteiger partial charge on any atom is -0.381 e. The summed E-state index contributed by atoms with van der Waals surface area (Å²) in [6.45, 7) is 0.796. The first-order valence-corrected chi connectivity index (χ1v) is 6.30. The Labute approximate surface area is 125 Å². The predicted molar refractivity (Wildman–Crippen MR) is 84.6 cm³/mol. The number of benzene rings is 2. The van der Waals surface area contributed by atoms with Gasteiger partial charge in [0, 0.05) is 18.3 Å². The number of anilines is 1. The summed E-state index contributed by atoms with van der Waals surface area (Å²) in [7, 11) is 0. The lowest BCUT2D eigenvalue weighted by molar-refractivity contribution is 0.748. The van der Waals surface area contributed by atoms with Crippen LogP contribution in [0.1, 0.15) is 23.6 Å². The molecule has 0 aromatic heterocycles. The van der Waals surface area contributed by atoms with Crippen LogP contribution in [0, 0.1) is 11.3 Å². The molecule has 3 N–H and O–H groups in total. The van der Waals surface area contributed by atoms with E-state index in [4.69, 9.17) is 11.0 Å².